The van der Waals surface area contributed by atoms with E-state index in [4.69, 9.17) is 5.73 Å². The van der Waals surface area contributed by atoms with Crippen molar-refractivity contribution in [3.8, 4) is 0 Å². The minimum Gasteiger partial charge on any atom is -0.398 e. The molecule has 0 bridgehead atoms. The van der Waals surface area contributed by atoms with Crippen LogP contribution in [0.2, 0.25) is 0 Å². The minimum atomic E-state index is -0.542. The van der Waals surface area contributed by atoms with Crippen molar-refractivity contribution in [2.24, 2.45) is 0 Å². The number of non-ortho nitro benzene ring substituents is 1. The van der Waals surface area contributed by atoms with Crippen LogP contribution < -0.4 is 16.0 Å². The zero-order chi connectivity index (χ0) is 17.8. The van der Waals surface area contributed by atoms with E-state index >= 15 is 0 Å². The Labute approximate surface area is 144 Å². The molecule has 0 spiro atoms. The maximum atomic E-state index is 12.5. The quantitative estimate of drug-likeness (QED) is 0.499. The molecule has 1 saturated heterocycles. The molecule has 8 heteroatoms. The van der Waals surface area contributed by atoms with Crippen LogP contribution in [0.25, 0.3) is 0 Å². The Balaban J connectivity index is 1.70. The number of carbonyl (C=O) groups excluding carboxylic acids is 1. The van der Waals surface area contributed by atoms with Gasteiger partial charge in [-0.25, -0.2) is 4.98 Å². The van der Waals surface area contributed by atoms with Crippen molar-refractivity contribution in [2.75, 3.05) is 23.7 Å². The molecular weight excluding hydrogens is 322 g/mol. The number of carbonyl (C=O) groups is 1. The number of nitrogens with zero attached hydrogens (tertiary/aromatic N) is 3. The number of piperidine rings is 1. The number of nitrogens with one attached hydrogen (secondary N) is 1. The van der Waals surface area contributed by atoms with Gasteiger partial charge in [0.25, 0.3) is 11.6 Å². The number of hydrogen-bond acceptors (Lipinski definition) is 6. The second-order valence-corrected chi connectivity index (χ2v) is 5.98. The zero-order valence-electron chi connectivity index (χ0n) is 13.6. The number of nitrogen functional groups attached to an aromatic ring is 1. The first-order valence-corrected chi connectivity index (χ1v) is 8.05. The summed E-state index contributed by atoms with van der Waals surface area (Å²) in [5.41, 5.74) is 6.01. The molecule has 1 aliphatic rings. The topological polar surface area (TPSA) is 114 Å². The van der Waals surface area contributed by atoms with Crippen LogP contribution >= 0.6 is 0 Å². The molecule has 1 aromatic carbocycles. The Morgan fingerprint density at radius 3 is 2.92 bits per heavy atom. The monoisotopic (exact) mass is 341 g/mol. The average Bonchev–Trinajstić information content (AvgIpc) is 2.62. The lowest BCUT2D eigenvalue weighted by Gasteiger charge is -2.34. The maximum absolute atomic E-state index is 12.5. The number of anilines is 2. The third-order valence-electron chi connectivity index (χ3n) is 4.22. The van der Waals surface area contributed by atoms with Crippen LogP contribution in [0.3, 0.4) is 0 Å². The fourth-order valence-electron chi connectivity index (χ4n) is 2.96. The highest BCUT2D eigenvalue weighted by atomic mass is 16.6. The van der Waals surface area contributed by atoms with Crippen LogP contribution in [0.15, 0.2) is 42.6 Å². The van der Waals surface area contributed by atoms with Crippen LogP contribution in [0, 0.1) is 10.1 Å². The van der Waals surface area contributed by atoms with Crippen LogP contribution in [0.5, 0.6) is 0 Å². The van der Waals surface area contributed by atoms with Gasteiger partial charge in [0, 0.05) is 43.1 Å². The van der Waals surface area contributed by atoms with E-state index in [0.29, 0.717) is 6.54 Å². The van der Waals surface area contributed by atoms with Gasteiger partial charge in [-0.2, -0.15) is 0 Å². The van der Waals surface area contributed by atoms with Crippen LogP contribution in [0.4, 0.5) is 17.2 Å². The molecule has 1 aliphatic heterocycles. The second kappa shape index (κ2) is 7.16. The van der Waals surface area contributed by atoms with Gasteiger partial charge in [0.1, 0.15) is 5.82 Å². The lowest BCUT2D eigenvalue weighted by molar-refractivity contribution is -0.384. The average molecular weight is 341 g/mol. The molecule has 0 aliphatic carbocycles. The fourth-order valence-corrected chi connectivity index (χ4v) is 2.96. The van der Waals surface area contributed by atoms with E-state index in [0.717, 1.165) is 25.2 Å². The molecule has 130 valence electrons. The predicted octanol–water partition coefficient (Wildman–Crippen LogP) is 1.97. The molecule has 25 heavy (non-hydrogen) atoms. The molecule has 3 N–H and O–H groups in total. The lowest BCUT2D eigenvalue weighted by atomic mass is 10.0. The van der Waals surface area contributed by atoms with Gasteiger partial charge in [0.15, 0.2) is 0 Å². The number of aromatic nitrogens is 1. The smallest absolute Gasteiger partial charge is 0.270 e. The Kier molecular flexibility index (Phi) is 4.78. The first kappa shape index (κ1) is 16.7. The summed E-state index contributed by atoms with van der Waals surface area (Å²) in [6, 6.07) is 9.53. The van der Waals surface area contributed by atoms with Crippen molar-refractivity contribution >= 4 is 23.1 Å². The highest BCUT2D eigenvalue weighted by molar-refractivity contribution is 6.00. The van der Waals surface area contributed by atoms with Gasteiger partial charge in [-0.15, -0.1) is 0 Å². The number of nitro benzene ring substituents is 1. The standard InChI is InChI=1S/C17H19N5O3/c18-15-7-6-13(22(24)25)10-14(15)17(23)20-12-4-3-9-21(11-12)16-5-1-2-8-19-16/h1-2,5-8,10,12H,3-4,9,11,18H2,(H,20,23)/t12-/m1/s1. The number of rotatable bonds is 4. The van der Waals surface area contributed by atoms with Crippen LogP contribution in [0.1, 0.15) is 23.2 Å². The van der Waals surface area contributed by atoms with Crippen molar-refractivity contribution in [1.29, 1.82) is 0 Å². The summed E-state index contributed by atoms with van der Waals surface area (Å²) in [5.74, 6) is 0.477. The number of pyridine rings is 1. The third-order valence-corrected chi connectivity index (χ3v) is 4.22. The molecule has 2 heterocycles. The molecular formula is C17H19N5O3. The summed E-state index contributed by atoms with van der Waals surface area (Å²) in [6.45, 7) is 1.51. The Morgan fingerprint density at radius 1 is 1.36 bits per heavy atom. The Bertz CT molecular complexity index is 781. The van der Waals surface area contributed by atoms with Gasteiger partial charge in [-0.1, -0.05) is 6.07 Å². The molecule has 1 atom stereocenters. The van der Waals surface area contributed by atoms with Gasteiger partial charge in [0.2, 0.25) is 0 Å². The molecule has 0 radical (unpaired) electrons. The molecule has 2 aromatic rings. The van der Waals surface area contributed by atoms with E-state index in [2.05, 4.69) is 15.2 Å². The van der Waals surface area contributed by atoms with Crippen molar-refractivity contribution < 1.29 is 9.72 Å². The number of nitrogens with two attached hydrogens (primary N) is 1. The van der Waals surface area contributed by atoms with E-state index in [1.807, 2.05) is 18.2 Å². The molecule has 8 nitrogen and oxygen atoms in total. The fraction of sp³-hybridized carbons (Fsp3) is 0.294. The van der Waals surface area contributed by atoms with E-state index in [-0.39, 0.29) is 23.0 Å². The van der Waals surface area contributed by atoms with Gasteiger partial charge in [0.05, 0.1) is 10.5 Å². The summed E-state index contributed by atoms with van der Waals surface area (Å²) in [7, 11) is 0. The molecule has 0 unspecified atom stereocenters. The highest BCUT2D eigenvalue weighted by Gasteiger charge is 2.24. The van der Waals surface area contributed by atoms with E-state index in [1.54, 1.807) is 6.20 Å². The highest BCUT2D eigenvalue weighted by Crippen LogP contribution is 2.21. The largest absolute Gasteiger partial charge is 0.398 e. The number of amides is 1. The molecule has 1 aromatic heterocycles. The molecule has 1 fully saturated rings. The summed E-state index contributed by atoms with van der Waals surface area (Å²) >= 11 is 0. The molecule has 1 amide bonds. The SMILES string of the molecule is Nc1ccc([N+](=O)[O-])cc1C(=O)N[C@@H]1CCCN(c2ccccn2)C1. The van der Waals surface area contributed by atoms with Crippen LogP contribution in [-0.4, -0.2) is 34.9 Å². The van der Waals surface area contributed by atoms with Crippen LogP contribution in [-0.2, 0) is 0 Å². The van der Waals surface area contributed by atoms with Gasteiger partial charge < -0.3 is 16.0 Å². The Morgan fingerprint density at radius 2 is 2.20 bits per heavy atom. The molecule has 3 rings (SSSR count). The minimum absolute atomic E-state index is 0.0677. The van der Waals surface area contributed by atoms with E-state index < -0.39 is 10.8 Å². The normalized spacial score (nSPS) is 17.1. The predicted molar refractivity (Wildman–Crippen MR) is 94.4 cm³/mol. The Hall–Kier alpha value is -3.16. The van der Waals surface area contributed by atoms with Crippen molar-refractivity contribution in [2.45, 2.75) is 18.9 Å². The zero-order valence-corrected chi connectivity index (χ0v) is 13.6. The maximum Gasteiger partial charge on any atom is 0.270 e. The van der Waals surface area contributed by atoms with Gasteiger partial charge in [-0.3, -0.25) is 14.9 Å². The second-order valence-electron chi connectivity index (χ2n) is 5.98. The number of hydrogen-bond donors (Lipinski definition) is 2. The van der Waals surface area contributed by atoms with Crippen molar-refractivity contribution in [3.63, 3.8) is 0 Å². The van der Waals surface area contributed by atoms with E-state index in [1.165, 1.54) is 18.2 Å². The summed E-state index contributed by atoms with van der Waals surface area (Å²) in [4.78, 5) is 29.3. The third kappa shape index (κ3) is 3.85. The number of benzene rings is 1. The first-order valence-electron chi connectivity index (χ1n) is 8.05. The first-order chi connectivity index (χ1) is 12.0. The summed E-state index contributed by atoms with van der Waals surface area (Å²) in [5, 5.41) is 13.8. The van der Waals surface area contributed by atoms with E-state index in [9.17, 15) is 14.9 Å². The van der Waals surface area contributed by atoms with Crippen molar-refractivity contribution in [1.82, 2.24) is 10.3 Å². The van der Waals surface area contributed by atoms with Gasteiger partial charge in [-0.05, 0) is 31.0 Å². The van der Waals surface area contributed by atoms with Crippen molar-refractivity contribution in [3.05, 3.63) is 58.3 Å². The summed E-state index contributed by atoms with van der Waals surface area (Å²) < 4.78 is 0. The van der Waals surface area contributed by atoms with Gasteiger partial charge >= 0.3 is 0 Å². The number of nitro groups is 1. The molecule has 0 saturated carbocycles. The lowest BCUT2D eigenvalue weighted by Crippen LogP contribution is -2.48. The summed E-state index contributed by atoms with van der Waals surface area (Å²) in [6.07, 6.45) is 3.50.